The number of nitrogens with two attached hydrogens (primary N) is 1. The van der Waals surface area contributed by atoms with E-state index in [0.29, 0.717) is 23.2 Å². The van der Waals surface area contributed by atoms with Crippen molar-refractivity contribution in [1.29, 1.82) is 0 Å². The van der Waals surface area contributed by atoms with Crippen molar-refractivity contribution in [3.8, 4) is 0 Å². The van der Waals surface area contributed by atoms with E-state index in [-0.39, 0.29) is 23.7 Å². The SMILES string of the molecule is Cn1ccnc1C(NC(=O)C1CC2CCCC(C1)C2N)c1ccccc1F. The molecule has 0 spiro atoms. The third-order valence-corrected chi connectivity index (χ3v) is 6.40. The number of carbonyl (C=O) groups excluding carboxylic acids is 1. The fourth-order valence-electron chi connectivity index (χ4n) is 4.91. The molecule has 3 atom stereocenters. The highest BCUT2D eigenvalue weighted by Crippen LogP contribution is 2.42. The first-order chi connectivity index (χ1) is 13.0. The van der Waals surface area contributed by atoms with Gasteiger partial charge in [-0.05, 0) is 43.6 Å². The number of halogens is 1. The van der Waals surface area contributed by atoms with E-state index in [1.54, 1.807) is 30.6 Å². The number of rotatable bonds is 4. The van der Waals surface area contributed by atoms with E-state index in [2.05, 4.69) is 10.3 Å². The third-order valence-electron chi connectivity index (χ3n) is 6.40. The minimum Gasteiger partial charge on any atom is -0.342 e. The van der Waals surface area contributed by atoms with Crippen LogP contribution in [-0.4, -0.2) is 21.5 Å². The van der Waals surface area contributed by atoms with Crippen LogP contribution >= 0.6 is 0 Å². The molecule has 144 valence electrons. The Morgan fingerprint density at radius 1 is 1.30 bits per heavy atom. The fraction of sp³-hybridized carbons (Fsp3) is 0.524. The second-order valence-electron chi connectivity index (χ2n) is 8.06. The molecular weight excluding hydrogens is 343 g/mol. The van der Waals surface area contributed by atoms with Crippen LogP contribution in [0.1, 0.15) is 49.5 Å². The van der Waals surface area contributed by atoms with Gasteiger partial charge in [-0.3, -0.25) is 4.79 Å². The predicted molar refractivity (Wildman–Crippen MR) is 101 cm³/mol. The van der Waals surface area contributed by atoms with Crippen LogP contribution in [-0.2, 0) is 11.8 Å². The first-order valence-electron chi connectivity index (χ1n) is 9.82. The molecule has 27 heavy (non-hydrogen) atoms. The summed E-state index contributed by atoms with van der Waals surface area (Å²) in [7, 11) is 1.85. The molecule has 1 heterocycles. The summed E-state index contributed by atoms with van der Waals surface area (Å²) in [6, 6.07) is 6.18. The molecule has 0 aliphatic heterocycles. The van der Waals surface area contributed by atoms with E-state index in [4.69, 9.17) is 5.73 Å². The smallest absolute Gasteiger partial charge is 0.223 e. The number of aromatic nitrogens is 2. The van der Waals surface area contributed by atoms with Crippen molar-refractivity contribution >= 4 is 5.91 Å². The lowest BCUT2D eigenvalue weighted by Gasteiger charge is -2.43. The molecule has 2 fully saturated rings. The summed E-state index contributed by atoms with van der Waals surface area (Å²) in [4.78, 5) is 17.5. The van der Waals surface area contributed by atoms with Gasteiger partial charge in [0.25, 0.3) is 0 Å². The van der Waals surface area contributed by atoms with Crippen LogP contribution in [0.25, 0.3) is 0 Å². The lowest BCUT2D eigenvalue weighted by molar-refractivity contribution is -0.128. The topological polar surface area (TPSA) is 72.9 Å². The minimum atomic E-state index is -0.603. The Hall–Kier alpha value is -2.21. The molecule has 1 amide bonds. The molecule has 2 aromatic rings. The number of hydrogen-bond donors (Lipinski definition) is 2. The van der Waals surface area contributed by atoms with Crippen molar-refractivity contribution in [3.05, 3.63) is 53.9 Å². The zero-order chi connectivity index (χ0) is 19.0. The second-order valence-corrected chi connectivity index (χ2v) is 8.06. The largest absolute Gasteiger partial charge is 0.342 e. The monoisotopic (exact) mass is 370 g/mol. The first kappa shape index (κ1) is 18.2. The highest BCUT2D eigenvalue weighted by molar-refractivity contribution is 5.79. The van der Waals surface area contributed by atoms with Crippen molar-refractivity contribution in [1.82, 2.24) is 14.9 Å². The number of aryl methyl sites for hydroxylation is 1. The lowest BCUT2D eigenvalue weighted by atomic mass is 9.65. The molecule has 6 heteroatoms. The Morgan fingerprint density at radius 2 is 2.00 bits per heavy atom. The summed E-state index contributed by atoms with van der Waals surface area (Å²) in [5.41, 5.74) is 6.80. The third kappa shape index (κ3) is 3.50. The summed E-state index contributed by atoms with van der Waals surface area (Å²) >= 11 is 0. The standard InChI is InChI=1S/C21H27FN4O/c1-26-10-9-24-20(26)19(16-7-2-3-8-17(16)22)25-21(27)15-11-13-5-4-6-14(12-15)18(13)23/h2-3,7-10,13-15,18-19H,4-6,11-12,23H2,1H3,(H,25,27). The molecule has 4 rings (SSSR count). The number of imidazole rings is 1. The summed E-state index contributed by atoms with van der Waals surface area (Å²) in [6.45, 7) is 0. The quantitative estimate of drug-likeness (QED) is 0.869. The van der Waals surface area contributed by atoms with Gasteiger partial charge in [-0.2, -0.15) is 0 Å². The lowest BCUT2D eigenvalue weighted by Crippen LogP contribution is -2.49. The van der Waals surface area contributed by atoms with Crippen molar-refractivity contribution < 1.29 is 9.18 Å². The van der Waals surface area contributed by atoms with Gasteiger partial charge in [0.15, 0.2) is 0 Å². The highest BCUT2D eigenvalue weighted by Gasteiger charge is 2.41. The van der Waals surface area contributed by atoms with Crippen molar-refractivity contribution in [2.45, 2.75) is 44.2 Å². The molecule has 1 aromatic heterocycles. The zero-order valence-corrected chi connectivity index (χ0v) is 15.6. The number of amides is 1. The second kappa shape index (κ2) is 7.43. The summed E-state index contributed by atoms with van der Waals surface area (Å²) in [5, 5.41) is 3.09. The summed E-state index contributed by atoms with van der Waals surface area (Å²) < 4.78 is 16.3. The van der Waals surface area contributed by atoms with E-state index in [9.17, 15) is 9.18 Å². The van der Waals surface area contributed by atoms with Crippen LogP contribution in [0.15, 0.2) is 36.7 Å². The predicted octanol–water partition coefficient (Wildman–Crippen LogP) is 2.92. The number of fused-ring (bicyclic) bond motifs is 2. The van der Waals surface area contributed by atoms with Gasteiger partial charge in [-0.15, -0.1) is 0 Å². The van der Waals surface area contributed by atoms with E-state index < -0.39 is 6.04 Å². The molecule has 0 radical (unpaired) electrons. The van der Waals surface area contributed by atoms with Crippen molar-refractivity contribution in [2.75, 3.05) is 0 Å². The number of carbonyl (C=O) groups is 1. The Morgan fingerprint density at radius 3 is 2.63 bits per heavy atom. The van der Waals surface area contributed by atoms with Crippen LogP contribution in [0.3, 0.4) is 0 Å². The molecule has 3 N–H and O–H groups in total. The Balaban J connectivity index is 1.58. The molecule has 2 aliphatic rings. The Kier molecular flexibility index (Phi) is 5.00. The van der Waals surface area contributed by atoms with Gasteiger partial charge in [0.2, 0.25) is 5.91 Å². The van der Waals surface area contributed by atoms with E-state index in [1.807, 2.05) is 11.6 Å². The van der Waals surface area contributed by atoms with Crippen LogP contribution in [0.5, 0.6) is 0 Å². The van der Waals surface area contributed by atoms with Gasteiger partial charge < -0.3 is 15.6 Å². The molecule has 5 nitrogen and oxygen atoms in total. The fourth-order valence-corrected chi connectivity index (χ4v) is 4.91. The van der Waals surface area contributed by atoms with Crippen LogP contribution in [0.4, 0.5) is 4.39 Å². The molecule has 2 bridgehead atoms. The van der Waals surface area contributed by atoms with E-state index >= 15 is 0 Å². The molecule has 0 saturated heterocycles. The van der Waals surface area contributed by atoms with Crippen molar-refractivity contribution in [2.24, 2.45) is 30.5 Å². The maximum atomic E-state index is 14.5. The average molecular weight is 370 g/mol. The van der Waals surface area contributed by atoms with Crippen LogP contribution in [0.2, 0.25) is 0 Å². The molecule has 1 aromatic carbocycles. The molecule has 3 unspecified atom stereocenters. The Bertz CT molecular complexity index is 806. The van der Waals surface area contributed by atoms with E-state index in [0.717, 1.165) is 25.7 Å². The summed E-state index contributed by atoms with van der Waals surface area (Å²) in [6.07, 6.45) is 8.55. The molecular formula is C21H27FN4O. The van der Waals surface area contributed by atoms with Gasteiger partial charge in [-0.25, -0.2) is 9.37 Å². The van der Waals surface area contributed by atoms with Crippen LogP contribution < -0.4 is 11.1 Å². The average Bonchev–Trinajstić information content (AvgIpc) is 3.06. The van der Waals surface area contributed by atoms with Gasteiger partial charge in [0.05, 0.1) is 0 Å². The van der Waals surface area contributed by atoms with Crippen LogP contribution in [0, 0.1) is 23.6 Å². The maximum Gasteiger partial charge on any atom is 0.223 e. The van der Waals surface area contributed by atoms with Gasteiger partial charge >= 0.3 is 0 Å². The number of nitrogens with zero attached hydrogens (tertiary/aromatic N) is 2. The van der Waals surface area contributed by atoms with Gasteiger partial charge in [-0.1, -0.05) is 24.6 Å². The van der Waals surface area contributed by atoms with Crippen molar-refractivity contribution in [3.63, 3.8) is 0 Å². The molecule has 2 saturated carbocycles. The highest BCUT2D eigenvalue weighted by atomic mass is 19.1. The molecule has 2 aliphatic carbocycles. The minimum absolute atomic E-state index is 0.0185. The van der Waals surface area contributed by atoms with Gasteiger partial charge in [0.1, 0.15) is 17.7 Å². The summed E-state index contributed by atoms with van der Waals surface area (Å²) in [5.74, 6) is 1.06. The van der Waals surface area contributed by atoms with Gasteiger partial charge in [0, 0.05) is 37.0 Å². The normalized spacial score (nSPS) is 28.6. The maximum absolute atomic E-state index is 14.5. The number of nitrogens with one attached hydrogen (secondary N) is 1. The first-order valence-corrected chi connectivity index (χ1v) is 9.82. The number of hydrogen-bond acceptors (Lipinski definition) is 3. The number of benzene rings is 1. The zero-order valence-electron chi connectivity index (χ0n) is 15.6. The van der Waals surface area contributed by atoms with E-state index in [1.165, 1.54) is 12.5 Å². The Labute approximate surface area is 159 Å².